The zero-order chi connectivity index (χ0) is 45.8. The molecule has 4 aliphatic carbocycles. The van der Waals surface area contributed by atoms with Gasteiger partial charge in [0.25, 0.3) is 0 Å². The molecule has 5 heterocycles. The number of ether oxygens (including phenoxy) is 8. The predicted molar refractivity (Wildman–Crippen MR) is 216 cm³/mol. The van der Waals surface area contributed by atoms with Crippen LogP contribution in [0.2, 0.25) is 0 Å². The van der Waals surface area contributed by atoms with Gasteiger partial charge in [-0.2, -0.15) is 0 Å². The number of hydrogen-bond donors (Lipinski definition) is 10. The van der Waals surface area contributed by atoms with E-state index in [1.807, 2.05) is 0 Å². The summed E-state index contributed by atoms with van der Waals surface area (Å²) in [5.74, 6) is 1.14. The molecule has 26 atom stereocenters. The minimum Gasteiger partial charge on any atom is -0.394 e. The maximum atomic E-state index is 14.6. The van der Waals surface area contributed by atoms with Crippen LogP contribution in [0, 0.1) is 46.3 Å². The fraction of sp³-hybridized carbons (Fsp3) is 0.933. The van der Waals surface area contributed by atoms with E-state index in [-0.39, 0.29) is 35.2 Å². The third-order valence-corrected chi connectivity index (χ3v) is 17.6. The van der Waals surface area contributed by atoms with Gasteiger partial charge in [0.05, 0.1) is 38.6 Å². The minimum atomic E-state index is -1.91. The molecule has 5 aliphatic heterocycles. The highest BCUT2D eigenvalue weighted by Gasteiger charge is 2.71. The molecule has 0 amide bonds. The van der Waals surface area contributed by atoms with Gasteiger partial charge in [-0.15, -0.1) is 0 Å². The lowest BCUT2D eigenvalue weighted by molar-refractivity contribution is -0.390. The molecule has 0 aromatic rings. The van der Waals surface area contributed by atoms with Crippen LogP contribution >= 0.6 is 0 Å². The van der Waals surface area contributed by atoms with Crippen molar-refractivity contribution in [2.75, 3.05) is 26.4 Å². The largest absolute Gasteiger partial charge is 0.394 e. The van der Waals surface area contributed by atoms with Gasteiger partial charge in [0.1, 0.15) is 79.0 Å². The minimum absolute atomic E-state index is 0.00753. The van der Waals surface area contributed by atoms with Crippen LogP contribution in [0.4, 0.5) is 0 Å². The summed E-state index contributed by atoms with van der Waals surface area (Å²) in [4.78, 5) is 14.6. The Morgan fingerprint density at radius 2 is 1.30 bits per heavy atom. The Labute approximate surface area is 372 Å². The lowest BCUT2D eigenvalue weighted by Gasteiger charge is -2.58. The third kappa shape index (κ3) is 7.60. The number of aliphatic hydroxyl groups is 10. The van der Waals surface area contributed by atoms with Gasteiger partial charge in [-0.3, -0.25) is 4.79 Å². The van der Waals surface area contributed by atoms with Crippen LogP contribution in [0.3, 0.4) is 0 Å². The van der Waals surface area contributed by atoms with Crippen molar-refractivity contribution >= 4 is 5.78 Å². The molecule has 0 unspecified atom stereocenters. The summed E-state index contributed by atoms with van der Waals surface area (Å²) in [6.07, 6.45) is -17.3. The summed E-state index contributed by atoms with van der Waals surface area (Å²) in [6, 6.07) is 0. The summed E-state index contributed by atoms with van der Waals surface area (Å²) in [5, 5.41) is 106. The second-order valence-corrected chi connectivity index (χ2v) is 21.0. The summed E-state index contributed by atoms with van der Waals surface area (Å²) in [6.45, 7) is 7.27. The highest BCUT2D eigenvalue weighted by atomic mass is 16.8. The van der Waals surface area contributed by atoms with Crippen molar-refractivity contribution in [3.63, 3.8) is 0 Å². The van der Waals surface area contributed by atoms with Crippen LogP contribution in [0.25, 0.3) is 0 Å². The second-order valence-electron chi connectivity index (χ2n) is 21.0. The Hall–Kier alpha value is -1.31. The lowest BCUT2D eigenvalue weighted by Crippen LogP contribution is -2.67. The average Bonchev–Trinajstić information content (AvgIpc) is 3.73. The number of ketones is 1. The average molecular weight is 915 g/mol. The first-order chi connectivity index (χ1) is 30.4. The molecule has 364 valence electrons. The molecule has 3 saturated carbocycles. The summed E-state index contributed by atoms with van der Waals surface area (Å²) in [5.41, 5.74) is 0.467. The fourth-order valence-corrected chi connectivity index (χ4v) is 13.8. The normalized spacial score (nSPS) is 56.2. The van der Waals surface area contributed by atoms with E-state index in [4.69, 9.17) is 37.9 Å². The number of fused-ring (bicyclic) bond motifs is 7. The monoisotopic (exact) mass is 914 g/mol. The first-order valence-corrected chi connectivity index (χ1v) is 23.5. The molecular formula is C45H70O19. The second kappa shape index (κ2) is 17.9. The van der Waals surface area contributed by atoms with Crippen LogP contribution in [-0.2, 0) is 42.7 Å². The van der Waals surface area contributed by atoms with Crippen molar-refractivity contribution in [2.24, 2.45) is 46.3 Å². The van der Waals surface area contributed by atoms with Gasteiger partial charge in [0, 0.05) is 30.1 Å². The summed E-state index contributed by atoms with van der Waals surface area (Å²) in [7, 11) is 0. The summed E-state index contributed by atoms with van der Waals surface area (Å²) < 4.78 is 48.6. The van der Waals surface area contributed by atoms with Crippen molar-refractivity contribution in [1.82, 2.24) is 0 Å². The van der Waals surface area contributed by atoms with E-state index < -0.39 is 129 Å². The maximum absolute atomic E-state index is 14.6. The molecule has 5 saturated heterocycles. The van der Waals surface area contributed by atoms with Gasteiger partial charge in [-0.25, -0.2) is 0 Å². The van der Waals surface area contributed by atoms with Crippen LogP contribution in [0.15, 0.2) is 11.6 Å². The maximum Gasteiger partial charge on any atom is 0.187 e. The molecule has 0 radical (unpaired) electrons. The quantitative estimate of drug-likeness (QED) is 0.116. The highest BCUT2D eigenvalue weighted by Crippen LogP contribution is 2.69. The fourth-order valence-electron chi connectivity index (χ4n) is 13.8. The molecule has 64 heavy (non-hydrogen) atoms. The van der Waals surface area contributed by atoms with Crippen LogP contribution < -0.4 is 0 Å². The number of carbonyl (C=O) groups is 1. The molecule has 9 aliphatic rings. The number of rotatable bonds is 9. The van der Waals surface area contributed by atoms with Crippen molar-refractivity contribution in [3.8, 4) is 0 Å². The van der Waals surface area contributed by atoms with Gasteiger partial charge < -0.3 is 89.0 Å². The number of aliphatic hydroxyl groups excluding tert-OH is 10. The molecule has 1 spiro atoms. The van der Waals surface area contributed by atoms with Crippen molar-refractivity contribution in [2.45, 2.75) is 189 Å². The lowest BCUT2D eigenvalue weighted by atomic mass is 9.46. The molecule has 8 fully saturated rings. The van der Waals surface area contributed by atoms with E-state index in [1.165, 1.54) is 5.57 Å². The third-order valence-electron chi connectivity index (χ3n) is 17.6. The van der Waals surface area contributed by atoms with Crippen LogP contribution in [0.1, 0.15) is 79.1 Å². The molecule has 10 N–H and O–H groups in total. The zero-order valence-electron chi connectivity index (χ0n) is 37.0. The van der Waals surface area contributed by atoms with Gasteiger partial charge in [-0.05, 0) is 67.6 Å². The Morgan fingerprint density at radius 3 is 1.97 bits per heavy atom. The highest BCUT2D eigenvalue weighted by molar-refractivity contribution is 5.87. The van der Waals surface area contributed by atoms with Crippen LogP contribution in [-0.4, -0.2) is 193 Å². The van der Waals surface area contributed by atoms with E-state index >= 15 is 0 Å². The van der Waals surface area contributed by atoms with Gasteiger partial charge in [-0.1, -0.05) is 39.3 Å². The number of carbonyl (C=O) groups excluding carboxylic acids is 1. The first kappa shape index (κ1) is 47.7. The van der Waals surface area contributed by atoms with Gasteiger partial charge in [0.2, 0.25) is 0 Å². The number of allylic oxidation sites excluding steroid dienone is 1. The van der Waals surface area contributed by atoms with Gasteiger partial charge >= 0.3 is 0 Å². The van der Waals surface area contributed by atoms with Crippen LogP contribution in [0.5, 0.6) is 0 Å². The first-order valence-electron chi connectivity index (χ1n) is 23.5. The van der Waals surface area contributed by atoms with E-state index in [2.05, 4.69) is 33.8 Å². The number of Topliss-reactive ketones (excluding diaryl/α,β-unsaturated/α-hetero) is 1. The Bertz CT molecular complexity index is 1710. The molecule has 0 aromatic carbocycles. The molecule has 9 rings (SSSR count). The van der Waals surface area contributed by atoms with E-state index in [0.717, 1.165) is 32.1 Å². The predicted octanol–water partition coefficient (Wildman–Crippen LogP) is -1.63. The van der Waals surface area contributed by atoms with Crippen molar-refractivity contribution in [3.05, 3.63) is 11.6 Å². The topological polar surface area (TPSA) is 293 Å². The smallest absolute Gasteiger partial charge is 0.187 e. The van der Waals surface area contributed by atoms with Crippen molar-refractivity contribution in [1.29, 1.82) is 0 Å². The Morgan fingerprint density at radius 1 is 0.688 bits per heavy atom. The van der Waals surface area contributed by atoms with Gasteiger partial charge in [0.15, 0.2) is 24.7 Å². The standard InChI is InChI=1S/C45H70O19/c1-18-7-10-45(57-17-18)19(2)30-25(64-45)12-24-22-6-5-20-11-21(8-9-43(20,3)23(22)13-29(49)44(24,30)4)58-40-37(56)35(54)38(28(16-48)61-40)62-42-39(34(53)32(51)27(15-47)60-42)63-41-36(55)33(52)31(50)26(14-46)59-41/h5,18-19,21-28,30-42,46-48,50-56H,6-17H2,1-4H3/t18-,19+,21+,22-,23+,24+,25+,26-,27-,28-,30+,31-,32-,33+,34+,35-,36-,37-,38+,39-,40-,41+,42+,43+,44-,45-/m1/s1. The Balaban J connectivity index is 0.859. The molecule has 19 heteroatoms. The van der Waals surface area contributed by atoms with E-state index in [9.17, 15) is 55.9 Å². The molecular weight excluding hydrogens is 844 g/mol. The molecule has 0 bridgehead atoms. The Kier molecular flexibility index (Phi) is 13.3. The molecule has 0 aromatic heterocycles. The number of hydrogen-bond acceptors (Lipinski definition) is 19. The summed E-state index contributed by atoms with van der Waals surface area (Å²) >= 11 is 0. The SMILES string of the molecule is C[C@@H]1CC[C@@]2(OC1)O[C@H]1C[C@H]3[C@@H]4CC=C5C[C@@H](O[C@@H]6O[C@H](CO)[C@H](O[C@@H]7O[C@H](CO)[C@@H](O)[C@H](O)[C@H]7O[C@@H]7O[C@H](CO)[C@@H](O)[C@H](O)[C@H]7O)[C@H](O)[C@H]6O)CC[C@]5(C)[C@H]4CC(=O)[C@]3(C)[C@H]1[C@@H]2C. The van der Waals surface area contributed by atoms with Crippen molar-refractivity contribution < 1.29 is 93.8 Å². The van der Waals surface area contributed by atoms with E-state index in [0.29, 0.717) is 43.5 Å². The van der Waals surface area contributed by atoms with E-state index in [1.54, 1.807) is 0 Å². The molecule has 19 nitrogen and oxygen atoms in total. The zero-order valence-corrected chi connectivity index (χ0v) is 37.0.